The number of carbonyl (C=O) groups excluding carboxylic acids is 2. The van der Waals surface area contributed by atoms with E-state index in [9.17, 15) is 14.4 Å². The topological polar surface area (TPSA) is 122 Å². The molecule has 2 aliphatic rings. The van der Waals surface area contributed by atoms with Crippen LogP contribution in [0.15, 0.2) is 30.5 Å². The van der Waals surface area contributed by atoms with Gasteiger partial charge in [0.15, 0.2) is 0 Å². The van der Waals surface area contributed by atoms with Crippen LogP contribution >= 0.6 is 0 Å². The van der Waals surface area contributed by atoms with Gasteiger partial charge in [-0.2, -0.15) is 0 Å². The summed E-state index contributed by atoms with van der Waals surface area (Å²) in [7, 11) is 0. The predicted molar refractivity (Wildman–Crippen MR) is 128 cm³/mol. The molecule has 2 aromatic rings. The van der Waals surface area contributed by atoms with E-state index in [4.69, 9.17) is 9.84 Å². The molecular formula is C26H32N4O5. The molecule has 2 aliphatic heterocycles. The Morgan fingerprint density at radius 3 is 2.60 bits per heavy atom. The summed E-state index contributed by atoms with van der Waals surface area (Å²) in [6, 6.07) is 6.70. The second-order valence-corrected chi connectivity index (χ2v) is 9.21. The fraction of sp³-hybridized carbons (Fsp3) is 0.500. The van der Waals surface area contributed by atoms with E-state index in [0.717, 1.165) is 36.9 Å². The maximum atomic E-state index is 13.0. The lowest BCUT2D eigenvalue weighted by Crippen LogP contribution is -2.43. The van der Waals surface area contributed by atoms with Crippen molar-refractivity contribution in [2.75, 3.05) is 32.8 Å². The molecule has 0 saturated carbocycles. The second-order valence-electron chi connectivity index (χ2n) is 9.21. The SMILES string of the molecule is Cc1ncc(C(=O)NCCc2cccc(C(=O)O)c2)c(C2CCN(C(=O)C3CCOCC3)CC2)n1. The lowest BCUT2D eigenvalue weighted by atomic mass is 9.89. The van der Waals surface area contributed by atoms with E-state index in [2.05, 4.69) is 15.3 Å². The average Bonchev–Trinajstić information content (AvgIpc) is 2.89. The third kappa shape index (κ3) is 6.22. The Balaban J connectivity index is 1.36. The van der Waals surface area contributed by atoms with Crippen molar-refractivity contribution in [3.63, 3.8) is 0 Å². The first-order valence-corrected chi connectivity index (χ1v) is 12.2. The molecule has 0 unspecified atom stereocenters. The number of benzene rings is 1. The van der Waals surface area contributed by atoms with Gasteiger partial charge >= 0.3 is 5.97 Å². The lowest BCUT2D eigenvalue weighted by molar-refractivity contribution is -0.139. The molecule has 9 nitrogen and oxygen atoms in total. The summed E-state index contributed by atoms with van der Waals surface area (Å²) in [5.74, 6) is -0.242. The fourth-order valence-electron chi connectivity index (χ4n) is 4.83. The van der Waals surface area contributed by atoms with Crippen LogP contribution in [0.3, 0.4) is 0 Å². The third-order valence-corrected chi connectivity index (χ3v) is 6.82. The highest BCUT2D eigenvalue weighted by atomic mass is 16.5. The molecule has 3 heterocycles. The van der Waals surface area contributed by atoms with Crippen LogP contribution in [-0.2, 0) is 16.0 Å². The minimum absolute atomic E-state index is 0.0547. The van der Waals surface area contributed by atoms with Gasteiger partial charge in [0.2, 0.25) is 5.91 Å². The number of carbonyl (C=O) groups is 3. The van der Waals surface area contributed by atoms with Crippen LogP contribution in [0.1, 0.15) is 69.4 Å². The summed E-state index contributed by atoms with van der Waals surface area (Å²) >= 11 is 0. The summed E-state index contributed by atoms with van der Waals surface area (Å²) in [6.07, 6.45) is 5.18. The highest BCUT2D eigenvalue weighted by molar-refractivity contribution is 5.95. The summed E-state index contributed by atoms with van der Waals surface area (Å²) < 4.78 is 5.38. The van der Waals surface area contributed by atoms with Crippen molar-refractivity contribution in [2.24, 2.45) is 5.92 Å². The second kappa shape index (κ2) is 11.4. The Labute approximate surface area is 204 Å². The van der Waals surface area contributed by atoms with Gasteiger partial charge in [0.1, 0.15) is 5.82 Å². The number of hydrogen-bond acceptors (Lipinski definition) is 6. The molecule has 186 valence electrons. The number of aromatic carboxylic acids is 1. The maximum absolute atomic E-state index is 13.0. The molecule has 2 N–H and O–H groups in total. The van der Waals surface area contributed by atoms with Crippen molar-refractivity contribution in [1.82, 2.24) is 20.2 Å². The molecule has 2 amide bonds. The molecule has 0 aliphatic carbocycles. The van der Waals surface area contributed by atoms with Crippen LogP contribution in [0, 0.1) is 12.8 Å². The third-order valence-electron chi connectivity index (χ3n) is 6.82. The molecule has 1 aromatic heterocycles. The van der Waals surface area contributed by atoms with Gasteiger partial charge in [-0.15, -0.1) is 0 Å². The Morgan fingerprint density at radius 2 is 1.89 bits per heavy atom. The number of likely N-dealkylation sites (tertiary alicyclic amines) is 1. The van der Waals surface area contributed by atoms with Gasteiger partial charge in [-0.1, -0.05) is 12.1 Å². The van der Waals surface area contributed by atoms with Crippen LogP contribution in [0.5, 0.6) is 0 Å². The number of carboxylic acids is 1. The van der Waals surface area contributed by atoms with E-state index in [0.29, 0.717) is 50.7 Å². The first kappa shape index (κ1) is 24.8. The summed E-state index contributed by atoms with van der Waals surface area (Å²) in [5.41, 5.74) is 2.27. The quantitative estimate of drug-likeness (QED) is 0.625. The van der Waals surface area contributed by atoms with E-state index in [1.54, 1.807) is 24.4 Å². The van der Waals surface area contributed by atoms with Crippen molar-refractivity contribution < 1.29 is 24.2 Å². The number of aromatic nitrogens is 2. The number of piperidine rings is 1. The maximum Gasteiger partial charge on any atom is 0.335 e. The number of rotatable bonds is 7. The predicted octanol–water partition coefficient (Wildman–Crippen LogP) is 2.59. The number of hydrogen-bond donors (Lipinski definition) is 2. The molecule has 0 radical (unpaired) electrons. The Morgan fingerprint density at radius 1 is 1.14 bits per heavy atom. The van der Waals surface area contributed by atoms with Crippen molar-refractivity contribution in [3.05, 3.63) is 58.7 Å². The van der Waals surface area contributed by atoms with E-state index < -0.39 is 5.97 Å². The van der Waals surface area contributed by atoms with Gasteiger partial charge in [-0.05, 0) is 56.7 Å². The molecular weight excluding hydrogens is 448 g/mol. The zero-order chi connectivity index (χ0) is 24.8. The molecule has 2 saturated heterocycles. The van der Waals surface area contributed by atoms with Crippen LogP contribution in [-0.4, -0.2) is 70.6 Å². The van der Waals surface area contributed by atoms with Crippen molar-refractivity contribution in [2.45, 2.75) is 44.9 Å². The Bertz CT molecular complexity index is 1080. The van der Waals surface area contributed by atoms with Crippen LogP contribution < -0.4 is 5.32 Å². The molecule has 0 spiro atoms. The molecule has 35 heavy (non-hydrogen) atoms. The minimum atomic E-state index is -0.974. The first-order chi connectivity index (χ1) is 16.9. The molecule has 0 atom stereocenters. The zero-order valence-corrected chi connectivity index (χ0v) is 20.0. The monoisotopic (exact) mass is 480 g/mol. The van der Waals surface area contributed by atoms with E-state index in [1.807, 2.05) is 17.9 Å². The van der Waals surface area contributed by atoms with Crippen molar-refractivity contribution in [1.29, 1.82) is 0 Å². The van der Waals surface area contributed by atoms with Gasteiger partial charge in [0.05, 0.1) is 16.8 Å². The Kier molecular flexibility index (Phi) is 8.07. The first-order valence-electron chi connectivity index (χ1n) is 12.2. The molecule has 4 rings (SSSR count). The summed E-state index contributed by atoms with van der Waals surface area (Å²) in [6.45, 7) is 4.79. The smallest absolute Gasteiger partial charge is 0.335 e. The number of aryl methyl sites for hydroxylation is 1. The number of ether oxygens (including phenoxy) is 1. The van der Waals surface area contributed by atoms with E-state index in [1.165, 1.54) is 0 Å². The van der Waals surface area contributed by atoms with Gasteiger partial charge in [0.25, 0.3) is 5.91 Å². The molecule has 2 fully saturated rings. The van der Waals surface area contributed by atoms with E-state index in [-0.39, 0.29) is 29.2 Å². The minimum Gasteiger partial charge on any atom is -0.478 e. The van der Waals surface area contributed by atoms with Gasteiger partial charge in [-0.25, -0.2) is 14.8 Å². The van der Waals surface area contributed by atoms with Gasteiger partial charge < -0.3 is 20.1 Å². The van der Waals surface area contributed by atoms with Crippen LogP contribution in [0.25, 0.3) is 0 Å². The largest absolute Gasteiger partial charge is 0.478 e. The number of amides is 2. The number of nitrogens with zero attached hydrogens (tertiary/aromatic N) is 3. The lowest BCUT2D eigenvalue weighted by Gasteiger charge is -2.35. The molecule has 9 heteroatoms. The van der Waals surface area contributed by atoms with Gasteiger partial charge in [-0.3, -0.25) is 9.59 Å². The number of nitrogens with one attached hydrogen (secondary N) is 1. The highest BCUT2D eigenvalue weighted by Crippen LogP contribution is 2.30. The van der Waals surface area contributed by atoms with Crippen molar-refractivity contribution >= 4 is 17.8 Å². The van der Waals surface area contributed by atoms with Crippen LogP contribution in [0.4, 0.5) is 0 Å². The van der Waals surface area contributed by atoms with Gasteiger partial charge in [0, 0.05) is 50.9 Å². The molecule has 1 aromatic carbocycles. The van der Waals surface area contributed by atoms with Crippen LogP contribution in [0.2, 0.25) is 0 Å². The normalized spacial score (nSPS) is 17.2. The summed E-state index contributed by atoms with van der Waals surface area (Å²) in [4.78, 5) is 47.8. The fourth-order valence-corrected chi connectivity index (χ4v) is 4.83. The van der Waals surface area contributed by atoms with Crippen molar-refractivity contribution in [3.8, 4) is 0 Å². The summed E-state index contributed by atoms with van der Waals surface area (Å²) in [5, 5.41) is 12.1. The highest BCUT2D eigenvalue weighted by Gasteiger charge is 2.31. The zero-order valence-electron chi connectivity index (χ0n) is 20.0. The standard InChI is InChI=1S/C26H32N4O5/c1-17-28-16-22(24(31)27-10-5-18-3-2-4-21(15-18)26(33)34)23(29-17)19-6-11-30(12-7-19)25(32)20-8-13-35-14-9-20/h2-4,15-16,19-20H,5-14H2,1H3,(H,27,31)(H,33,34). The number of carboxylic acid groups (broad SMARTS) is 1. The van der Waals surface area contributed by atoms with E-state index >= 15 is 0 Å². The Hall–Kier alpha value is -3.33. The average molecular weight is 481 g/mol. The molecule has 0 bridgehead atoms.